The van der Waals surface area contributed by atoms with Gasteiger partial charge < -0.3 is 9.47 Å². The lowest BCUT2D eigenvalue weighted by atomic mass is 9.79. The second-order valence-electron chi connectivity index (χ2n) is 4.66. The van der Waals surface area contributed by atoms with E-state index >= 15 is 0 Å². The van der Waals surface area contributed by atoms with Gasteiger partial charge in [-0.3, -0.25) is 0 Å². The minimum atomic E-state index is -0.108. The Morgan fingerprint density at radius 1 is 1.06 bits per heavy atom. The van der Waals surface area contributed by atoms with Gasteiger partial charge in [0.25, 0.3) is 0 Å². The largest absolute Gasteiger partial charge is 0.382 e. The summed E-state index contributed by atoms with van der Waals surface area (Å²) in [4.78, 5) is 0. The maximum absolute atomic E-state index is 9.34. The summed E-state index contributed by atoms with van der Waals surface area (Å²) in [5.41, 5.74) is -0.108. The van der Waals surface area contributed by atoms with Crippen LogP contribution in [-0.2, 0) is 9.47 Å². The van der Waals surface area contributed by atoms with Crippen molar-refractivity contribution in [1.82, 2.24) is 0 Å². The van der Waals surface area contributed by atoms with Crippen molar-refractivity contribution in [1.29, 1.82) is 5.26 Å². The zero-order chi connectivity index (χ0) is 11.7. The van der Waals surface area contributed by atoms with Crippen molar-refractivity contribution >= 4 is 0 Å². The van der Waals surface area contributed by atoms with Crippen LogP contribution in [0.25, 0.3) is 0 Å². The van der Waals surface area contributed by atoms with Gasteiger partial charge in [-0.15, -0.1) is 0 Å². The van der Waals surface area contributed by atoms with E-state index in [1.165, 1.54) is 25.7 Å². The van der Waals surface area contributed by atoms with Gasteiger partial charge in [0.15, 0.2) is 0 Å². The molecule has 0 aromatic heterocycles. The van der Waals surface area contributed by atoms with Gasteiger partial charge in [0, 0.05) is 13.7 Å². The highest BCUT2D eigenvalue weighted by Crippen LogP contribution is 2.37. The van der Waals surface area contributed by atoms with E-state index in [9.17, 15) is 5.26 Å². The van der Waals surface area contributed by atoms with Crippen molar-refractivity contribution in [3.05, 3.63) is 0 Å². The van der Waals surface area contributed by atoms with Gasteiger partial charge in [-0.05, 0) is 19.3 Å². The lowest BCUT2D eigenvalue weighted by molar-refractivity contribution is 0.0562. The van der Waals surface area contributed by atoms with Crippen LogP contribution < -0.4 is 0 Å². The lowest BCUT2D eigenvalue weighted by Gasteiger charge is -2.24. The molecule has 1 aliphatic carbocycles. The van der Waals surface area contributed by atoms with E-state index in [0.717, 1.165) is 19.3 Å². The van der Waals surface area contributed by atoms with Crippen molar-refractivity contribution < 1.29 is 9.47 Å². The van der Waals surface area contributed by atoms with Gasteiger partial charge in [-0.2, -0.15) is 5.26 Å². The summed E-state index contributed by atoms with van der Waals surface area (Å²) in [5, 5.41) is 9.34. The minimum absolute atomic E-state index is 0.108. The number of rotatable bonds is 6. The van der Waals surface area contributed by atoms with E-state index in [2.05, 4.69) is 6.07 Å². The molecule has 0 aromatic carbocycles. The van der Waals surface area contributed by atoms with Crippen molar-refractivity contribution in [2.75, 3.05) is 26.9 Å². The molecule has 16 heavy (non-hydrogen) atoms. The molecular formula is C13H23NO2. The van der Waals surface area contributed by atoms with E-state index in [0.29, 0.717) is 19.8 Å². The predicted octanol–water partition coefficient (Wildman–Crippen LogP) is 2.90. The Balaban J connectivity index is 2.26. The highest BCUT2D eigenvalue weighted by atomic mass is 16.5. The lowest BCUT2D eigenvalue weighted by Crippen LogP contribution is -2.20. The number of nitrogens with zero attached hydrogens (tertiary/aromatic N) is 1. The van der Waals surface area contributed by atoms with Gasteiger partial charge in [-0.25, -0.2) is 0 Å². The molecule has 0 aromatic rings. The third-order valence-corrected chi connectivity index (χ3v) is 3.45. The number of methoxy groups -OCH3 is 1. The first-order valence-electron chi connectivity index (χ1n) is 6.31. The molecule has 0 radical (unpaired) electrons. The molecule has 0 unspecified atom stereocenters. The quantitative estimate of drug-likeness (QED) is 0.515. The van der Waals surface area contributed by atoms with Crippen LogP contribution in [0.4, 0.5) is 0 Å². The molecule has 1 fully saturated rings. The Morgan fingerprint density at radius 2 is 1.75 bits per heavy atom. The van der Waals surface area contributed by atoms with Crippen molar-refractivity contribution in [2.24, 2.45) is 5.41 Å². The molecule has 0 amide bonds. The molecule has 0 saturated heterocycles. The topological polar surface area (TPSA) is 42.2 Å². The molecule has 3 heteroatoms. The Bertz CT molecular complexity index is 214. The maximum Gasteiger partial charge on any atom is 0.0700 e. The minimum Gasteiger partial charge on any atom is -0.382 e. The Labute approximate surface area is 98.7 Å². The number of hydrogen-bond acceptors (Lipinski definition) is 3. The third kappa shape index (κ3) is 4.51. The fourth-order valence-corrected chi connectivity index (χ4v) is 2.33. The molecule has 0 aliphatic heterocycles. The third-order valence-electron chi connectivity index (χ3n) is 3.45. The molecule has 0 spiro atoms. The van der Waals surface area contributed by atoms with E-state index in [-0.39, 0.29) is 5.41 Å². The van der Waals surface area contributed by atoms with E-state index < -0.39 is 0 Å². The second kappa shape index (κ2) is 7.65. The Morgan fingerprint density at radius 3 is 2.31 bits per heavy atom. The Kier molecular flexibility index (Phi) is 6.44. The molecule has 92 valence electrons. The van der Waals surface area contributed by atoms with Crippen molar-refractivity contribution in [2.45, 2.75) is 44.9 Å². The maximum atomic E-state index is 9.34. The summed E-state index contributed by atoms with van der Waals surface area (Å²) in [5.74, 6) is 0. The van der Waals surface area contributed by atoms with E-state index in [1.54, 1.807) is 7.11 Å². The first kappa shape index (κ1) is 13.5. The van der Waals surface area contributed by atoms with Crippen LogP contribution in [0.5, 0.6) is 0 Å². The summed E-state index contributed by atoms with van der Waals surface area (Å²) in [6.07, 6.45) is 7.96. The predicted molar refractivity (Wildman–Crippen MR) is 63.1 cm³/mol. The summed E-state index contributed by atoms with van der Waals surface area (Å²) >= 11 is 0. The molecule has 3 nitrogen and oxygen atoms in total. The van der Waals surface area contributed by atoms with E-state index in [1.807, 2.05) is 0 Å². The van der Waals surface area contributed by atoms with Crippen LogP contribution in [0.2, 0.25) is 0 Å². The van der Waals surface area contributed by atoms with Crippen LogP contribution >= 0.6 is 0 Å². The highest BCUT2D eigenvalue weighted by molar-refractivity contribution is 4.99. The molecule has 1 rings (SSSR count). The second-order valence-corrected chi connectivity index (χ2v) is 4.66. The van der Waals surface area contributed by atoms with Crippen LogP contribution in [0.15, 0.2) is 0 Å². The molecule has 0 N–H and O–H groups in total. The van der Waals surface area contributed by atoms with Crippen molar-refractivity contribution in [3.8, 4) is 6.07 Å². The molecule has 0 bridgehead atoms. The molecule has 1 saturated carbocycles. The van der Waals surface area contributed by atoms with Gasteiger partial charge in [-0.1, -0.05) is 25.7 Å². The van der Waals surface area contributed by atoms with Crippen LogP contribution in [0.3, 0.4) is 0 Å². The molecule has 1 aliphatic rings. The fourth-order valence-electron chi connectivity index (χ4n) is 2.33. The van der Waals surface area contributed by atoms with E-state index in [4.69, 9.17) is 9.47 Å². The van der Waals surface area contributed by atoms with Gasteiger partial charge in [0.05, 0.1) is 24.7 Å². The van der Waals surface area contributed by atoms with Crippen LogP contribution in [0.1, 0.15) is 44.9 Å². The number of nitriles is 1. The highest BCUT2D eigenvalue weighted by Gasteiger charge is 2.30. The van der Waals surface area contributed by atoms with Crippen LogP contribution in [-0.4, -0.2) is 26.9 Å². The zero-order valence-corrected chi connectivity index (χ0v) is 10.3. The average molecular weight is 225 g/mol. The molecule has 0 heterocycles. The summed E-state index contributed by atoms with van der Waals surface area (Å²) in [6, 6.07) is 2.54. The standard InChI is InChI=1S/C13H23NO2/c1-15-10-11-16-9-8-13(12-14)6-4-2-3-5-7-13/h2-11H2,1H3. The normalized spacial score (nSPS) is 20.0. The fraction of sp³-hybridized carbons (Fsp3) is 0.923. The van der Waals surface area contributed by atoms with Gasteiger partial charge >= 0.3 is 0 Å². The van der Waals surface area contributed by atoms with Crippen LogP contribution in [0, 0.1) is 16.7 Å². The SMILES string of the molecule is COCCOCCC1(C#N)CCCCCC1. The first-order valence-corrected chi connectivity index (χ1v) is 6.31. The summed E-state index contributed by atoms with van der Waals surface area (Å²) in [6.45, 7) is 1.97. The summed E-state index contributed by atoms with van der Waals surface area (Å²) < 4.78 is 10.4. The smallest absolute Gasteiger partial charge is 0.0700 e. The zero-order valence-electron chi connectivity index (χ0n) is 10.3. The van der Waals surface area contributed by atoms with Gasteiger partial charge in [0.1, 0.15) is 0 Å². The van der Waals surface area contributed by atoms with Gasteiger partial charge in [0.2, 0.25) is 0 Å². The average Bonchev–Trinajstić information content (AvgIpc) is 2.55. The molecule has 0 atom stereocenters. The number of hydrogen-bond donors (Lipinski definition) is 0. The number of ether oxygens (including phenoxy) is 2. The first-order chi connectivity index (χ1) is 7.83. The summed E-state index contributed by atoms with van der Waals surface area (Å²) in [7, 11) is 1.67. The Hall–Kier alpha value is -0.590. The monoisotopic (exact) mass is 225 g/mol. The van der Waals surface area contributed by atoms with Crippen molar-refractivity contribution in [3.63, 3.8) is 0 Å². The molecular weight excluding hydrogens is 202 g/mol.